The molecule has 0 aliphatic carbocycles. The number of nitrogens with one attached hydrogen (secondary N) is 2. The van der Waals surface area contributed by atoms with Crippen molar-refractivity contribution in [2.24, 2.45) is 5.14 Å². The van der Waals surface area contributed by atoms with E-state index in [0.29, 0.717) is 29.5 Å². The first-order valence-corrected chi connectivity index (χ1v) is 12.4. The molecule has 0 saturated carbocycles. The number of nitrogens with zero attached hydrogens (tertiary/aromatic N) is 4. The Balaban J connectivity index is 1.70. The summed E-state index contributed by atoms with van der Waals surface area (Å²) >= 11 is 1.55. The molecule has 0 spiro atoms. The maximum atomic E-state index is 12.3. The highest BCUT2D eigenvalue weighted by atomic mass is 32.2. The van der Waals surface area contributed by atoms with E-state index >= 15 is 0 Å². The molecule has 0 radical (unpaired) electrons. The molecule has 12 heteroatoms. The molecule has 166 valence electrons. The fourth-order valence-corrected chi connectivity index (χ4v) is 3.92. The summed E-state index contributed by atoms with van der Waals surface area (Å²) in [5, 5.41) is 17.1. The van der Waals surface area contributed by atoms with Crippen LogP contribution < -0.4 is 15.8 Å². The number of sulfonamides is 1. The first-order chi connectivity index (χ1) is 14.8. The van der Waals surface area contributed by atoms with Gasteiger partial charge in [0.05, 0.1) is 23.0 Å². The second-order valence-electron chi connectivity index (χ2n) is 6.64. The first-order valence-electron chi connectivity index (χ1n) is 9.84. The average Bonchev–Trinajstić information content (AvgIpc) is 3.14. The molecule has 4 N–H and O–H groups in total. The molecule has 1 amide bonds. The fourth-order valence-electron chi connectivity index (χ4n) is 2.84. The van der Waals surface area contributed by atoms with Crippen LogP contribution in [-0.4, -0.2) is 52.9 Å². The Morgan fingerprint density at radius 3 is 2.55 bits per heavy atom. The summed E-state index contributed by atoms with van der Waals surface area (Å²) in [6.45, 7) is 5.67. The zero-order valence-corrected chi connectivity index (χ0v) is 19.0. The van der Waals surface area contributed by atoms with Gasteiger partial charge in [0.15, 0.2) is 10.8 Å². The van der Waals surface area contributed by atoms with Crippen LogP contribution in [0.15, 0.2) is 40.5 Å². The van der Waals surface area contributed by atoms with E-state index in [1.54, 1.807) is 22.6 Å². The Labute approximate surface area is 185 Å². The Bertz CT molecular complexity index is 1160. The molecule has 31 heavy (non-hydrogen) atoms. The van der Waals surface area contributed by atoms with E-state index in [2.05, 4.69) is 32.6 Å². The summed E-state index contributed by atoms with van der Waals surface area (Å²) in [5.74, 6) is 1.29. The lowest BCUT2D eigenvalue weighted by atomic mass is 10.2. The average molecular weight is 464 g/mol. The van der Waals surface area contributed by atoms with Crippen LogP contribution in [0.1, 0.15) is 30.6 Å². The number of thioether (sulfide) groups is 1. The molecular weight excluding hydrogens is 438 g/mol. The molecular formula is C19H25N7O3S2. The smallest absolute Gasteiger partial charge is 0.251 e. The van der Waals surface area contributed by atoms with Crippen molar-refractivity contribution in [1.29, 1.82) is 0 Å². The number of hydrogen-bond acceptors (Lipinski definition) is 8. The third-order valence-corrected chi connectivity index (χ3v) is 6.00. The number of hydrogen-bond donors (Lipinski definition) is 3. The van der Waals surface area contributed by atoms with Crippen molar-refractivity contribution in [3.05, 3.63) is 36.0 Å². The van der Waals surface area contributed by atoms with Crippen molar-refractivity contribution in [1.82, 2.24) is 25.1 Å². The normalized spacial score (nSPS) is 11.6. The molecule has 0 aliphatic heterocycles. The molecule has 0 saturated heterocycles. The van der Waals surface area contributed by atoms with Gasteiger partial charge in [0.1, 0.15) is 5.82 Å². The van der Waals surface area contributed by atoms with Gasteiger partial charge < -0.3 is 10.6 Å². The summed E-state index contributed by atoms with van der Waals surface area (Å²) in [6, 6.07) is 5.46. The van der Waals surface area contributed by atoms with Crippen LogP contribution in [0.25, 0.3) is 11.0 Å². The SMILES string of the molecule is CCCNc1nc(SCC)nc2c1cnn2CCNC(=O)c1ccc(S(N)(=O)=O)cc1. The standard InChI is InChI=1S/C19H25N7O3S2/c1-3-9-21-16-15-12-23-26(17(15)25-19(24-16)30-4-2)11-10-22-18(27)13-5-7-14(8-6-13)31(20,28)29/h5-8,12H,3-4,9-11H2,1-2H3,(H,22,27)(H2,20,28,29)(H,21,24,25). The van der Waals surface area contributed by atoms with Crippen LogP contribution in [0.2, 0.25) is 0 Å². The molecule has 0 bridgehead atoms. The van der Waals surface area contributed by atoms with Crippen LogP contribution in [0.5, 0.6) is 0 Å². The summed E-state index contributed by atoms with van der Waals surface area (Å²) in [5.41, 5.74) is 1.05. The van der Waals surface area contributed by atoms with E-state index in [4.69, 9.17) is 5.14 Å². The minimum Gasteiger partial charge on any atom is -0.369 e. The molecule has 10 nitrogen and oxygen atoms in total. The second-order valence-corrected chi connectivity index (χ2v) is 9.44. The maximum Gasteiger partial charge on any atom is 0.251 e. The largest absolute Gasteiger partial charge is 0.369 e. The molecule has 2 aromatic heterocycles. The monoisotopic (exact) mass is 463 g/mol. The Kier molecular flexibility index (Phi) is 7.46. The van der Waals surface area contributed by atoms with Crippen LogP contribution in [0, 0.1) is 0 Å². The van der Waals surface area contributed by atoms with E-state index in [-0.39, 0.29) is 10.8 Å². The Hall–Kier alpha value is -2.70. The number of carbonyl (C=O) groups is 1. The highest BCUT2D eigenvalue weighted by Gasteiger charge is 2.14. The van der Waals surface area contributed by atoms with Crippen molar-refractivity contribution in [3.63, 3.8) is 0 Å². The van der Waals surface area contributed by atoms with Crippen molar-refractivity contribution >= 4 is 44.5 Å². The van der Waals surface area contributed by atoms with Crippen molar-refractivity contribution < 1.29 is 13.2 Å². The van der Waals surface area contributed by atoms with Crippen LogP contribution in [-0.2, 0) is 16.6 Å². The van der Waals surface area contributed by atoms with Gasteiger partial charge in [-0.25, -0.2) is 28.2 Å². The molecule has 0 atom stereocenters. The predicted octanol–water partition coefficient (Wildman–Crippen LogP) is 1.84. The Morgan fingerprint density at radius 1 is 1.16 bits per heavy atom. The van der Waals surface area contributed by atoms with Crippen molar-refractivity contribution in [2.45, 2.75) is 36.9 Å². The van der Waals surface area contributed by atoms with Crippen molar-refractivity contribution in [3.8, 4) is 0 Å². The van der Waals surface area contributed by atoms with Gasteiger partial charge in [-0.2, -0.15) is 5.10 Å². The lowest BCUT2D eigenvalue weighted by Crippen LogP contribution is -2.27. The van der Waals surface area contributed by atoms with Crippen LogP contribution in [0.3, 0.4) is 0 Å². The summed E-state index contributed by atoms with van der Waals surface area (Å²) in [7, 11) is -3.79. The number of amides is 1. The summed E-state index contributed by atoms with van der Waals surface area (Å²) in [6.07, 6.45) is 2.70. The van der Waals surface area contributed by atoms with Gasteiger partial charge in [-0.05, 0) is 36.4 Å². The van der Waals surface area contributed by atoms with Gasteiger partial charge in [0.25, 0.3) is 5.91 Å². The number of primary sulfonamides is 1. The zero-order valence-electron chi connectivity index (χ0n) is 17.3. The van der Waals surface area contributed by atoms with Gasteiger partial charge in [-0.3, -0.25) is 4.79 Å². The van der Waals surface area contributed by atoms with E-state index in [1.807, 2.05) is 6.92 Å². The molecule has 0 unspecified atom stereocenters. The van der Waals surface area contributed by atoms with Crippen molar-refractivity contribution in [2.75, 3.05) is 24.2 Å². The number of nitrogens with two attached hydrogens (primary N) is 1. The van der Waals surface area contributed by atoms with Gasteiger partial charge in [0, 0.05) is 18.7 Å². The molecule has 2 heterocycles. The van der Waals surface area contributed by atoms with E-state index in [0.717, 1.165) is 29.9 Å². The molecule has 0 fully saturated rings. The third kappa shape index (κ3) is 5.71. The highest BCUT2D eigenvalue weighted by molar-refractivity contribution is 7.99. The second kappa shape index (κ2) is 10.1. The quantitative estimate of drug-likeness (QED) is 0.305. The van der Waals surface area contributed by atoms with E-state index in [1.165, 1.54) is 24.3 Å². The van der Waals surface area contributed by atoms with E-state index < -0.39 is 10.0 Å². The van der Waals surface area contributed by atoms with Crippen LogP contribution >= 0.6 is 11.8 Å². The number of fused-ring (bicyclic) bond motifs is 1. The Morgan fingerprint density at radius 2 is 1.90 bits per heavy atom. The number of rotatable bonds is 10. The molecule has 3 rings (SSSR count). The predicted molar refractivity (Wildman–Crippen MR) is 121 cm³/mol. The lowest BCUT2D eigenvalue weighted by molar-refractivity contribution is 0.0952. The van der Waals surface area contributed by atoms with Gasteiger partial charge in [-0.15, -0.1) is 0 Å². The number of benzene rings is 1. The number of aromatic nitrogens is 4. The van der Waals surface area contributed by atoms with Crippen LogP contribution in [0.4, 0.5) is 5.82 Å². The minimum absolute atomic E-state index is 0.0417. The fraction of sp³-hybridized carbons (Fsp3) is 0.368. The zero-order chi connectivity index (χ0) is 22.4. The lowest BCUT2D eigenvalue weighted by Gasteiger charge is -2.09. The third-order valence-electron chi connectivity index (χ3n) is 4.35. The number of anilines is 1. The van der Waals surface area contributed by atoms with Gasteiger partial charge in [0.2, 0.25) is 10.0 Å². The minimum atomic E-state index is -3.79. The van der Waals surface area contributed by atoms with E-state index in [9.17, 15) is 13.2 Å². The molecule has 1 aromatic carbocycles. The van der Waals surface area contributed by atoms with Gasteiger partial charge in [-0.1, -0.05) is 25.6 Å². The summed E-state index contributed by atoms with van der Waals surface area (Å²) < 4.78 is 24.4. The number of carbonyl (C=O) groups excluding carboxylic acids is 1. The first kappa shape index (κ1) is 23.0. The highest BCUT2D eigenvalue weighted by Crippen LogP contribution is 2.24. The van der Waals surface area contributed by atoms with Gasteiger partial charge >= 0.3 is 0 Å². The summed E-state index contributed by atoms with van der Waals surface area (Å²) in [4.78, 5) is 21.5. The molecule has 3 aromatic rings. The topological polar surface area (TPSA) is 145 Å². The maximum absolute atomic E-state index is 12.3. The molecule has 0 aliphatic rings.